The predicted octanol–water partition coefficient (Wildman–Crippen LogP) is 0.655. The molecule has 3 N–H and O–H groups in total. The molecule has 0 aromatic heterocycles. The third-order valence-corrected chi connectivity index (χ3v) is 2.39. The van der Waals surface area contributed by atoms with Crippen molar-refractivity contribution >= 4 is 0 Å². The average molecular weight is 187 g/mol. The van der Waals surface area contributed by atoms with E-state index in [0.717, 1.165) is 26.2 Å². The zero-order valence-electron chi connectivity index (χ0n) is 9.34. The number of nitrogens with zero attached hydrogens (tertiary/aromatic N) is 1. The van der Waals surface area contributed by atoms with E-state index < -0.39 is 0 Å². The zero-order chi connectivity index (χ0) is 10.1. The highest BCUT2D eigenvalue weighted by Gasteiger charge is 1.99. The molecule has 0 rings (SSSR count). The summed E-state index contributed by atoms with van der Waals surface area (Å²) in [7, 11) is 0. The summed E-state index contributed by atoms with van der Waals surface area (Å²) >= 11 is 0. The van der Waals surface area contributed by atoms with Gasteiger partial charge in [0, 0.05) is 12.6 Å². The van der Waals surface area contributed by atoms with Crippen molar-refractivity contribution in [1.29, 1.82) is 0 Å². The van der Waals surface area contributed by atoms with Crippen LogP contribution in [0.1, 0.15) is 27.2 Å². The SMILES string of the molecule is CCN(CC)CCCNC(C)CN. The van der Waals surface area contributed by atoms with E-state index in [9.17, 15) is 0 Å². The van der Waals surface area contributed by atoms with E-state index in [1.165, 1.54) is 13.0 Å². The van der Waals surface area contributed by atoms with Gasteiger partial charge in [-0.15, -0.1) is 0 Å². The second-order valence-corrected chi connectivity index (χ2v) is 3.47. The first-order chi connectivity index (χ1) is 6.24. The van der Waals surface area contributed by atoms with Crippen LogP contribution in [0.3, 0.4) is 0 Å². The second kappa shape index (κ2) is 8.48. The minimum atomic E-state index is 0.455. The summed E-state index contributed by atoms with van der Waals surface area (Å²) in [6, 6.07) is 0.455. The quantitative estimate of drug-likeness (QED) is 0.548. The fourth-order valence-electron chi connectivity index (χ4n) is 1.27. The molecule has 0 radical (unpaired) electrons. The minimum Gasteiger partial charge on any atom is -0.329 e. The summed E-state index contributed by atoms with van der Waals surface area (Å²) in [5, 5.41) is 3.38. The maximum atomic E-state index is 5.49. The number of rotatable bonds is 8. The molecular formula is C10H25N3. The topological polar surface area (TPSA) is 41.3 Å². The molecule has 13 heavy (non-hydrogen) atoms. The summed E-state index contributed by atoms with van der Waals surface area (Å²) in [6.07, 6.45) is 1.21. The molecule has 0 aromatic carbocycles. The molecule has 3 heteroatoms. The monoisotopic (exact) mass is 187 g/mol. The van der Waals surface area contributed by atoms with E-state index in [1.807, 2.05) is 0 Å². The lowest BCUT2D eigenvalue weighted by atomic mass is 10.3. The van der Waals surface area contributed by atoms with Gasteiger partial charge in [0.15, 0.2) is 0 Å². The fraction of sp³-hybridized carbons (Fsp3) is 1.00. The lowest BCUT2D eigenvalue weighted by Crippen LogP contribution is -2.35. The lowest BCUT2D eigenvalue weighted by Gasteiger charge is -2.18. The van der Waals surface area contributed by atoms with Crippen LogP contribution in [0.5, 0.6) is 0 Å². The van der Waals surface area contributed by atoms with Crippen molar-refractivity contribution in [1.82, 2.24) is 10.2 Å². The molecule has 0 aromatic rings. The third-order valence-electron chi connectivity index (χ3n) is 2.39. The average Bonchev–Trinajstić information content (AvgIpc) is 2.18. The molecule has 80 valence electrons. The van der Waals surface area contributed by atoms with Crippen LogP contribution in [0.2, 0.25) is 0 Å². The molecule has 0 aliphatic rings. The maximum absolute atomic E-state index is 5.49. The van der Waals surface area contributed by atoms with Gasteiger partial charge in [-0.25, -0.2) is 0 Å². The summed E-state index contributed by atoms with van der Waals surface area (Å²) < 4.78 is 0. The Bertz CT molecular complexity index is 102. The second-order valence-electron chi connectivity index (χ2n) is 3.47. The number of hydrogen-bond acceptors (Lipinski definition) is 3. The summed E-state index contributed by atoms with van der Waals surface area (Å²) in [5.41, 5.74) is 5.49. The third kappa shape index (κ3) is 6.99. The molecule has 1 unspecified atom stereocenters. The Morgan fingerprint density at radius 2 is 1.92 bits per heavy atom. The summed E-state index contributed by atoms with van der Waals surface area (Å²) in [4.78, 5) is 2.44. The molecule has 0 spiro atoms. The standard InChI is InChI=1S/C10H25N3/c1-4-13(5-2)8-6-7-12-10(3)9-11/h10,12H,4-9,11H2,1-3H3. The highest BCUT2D eigenvalue weighted by atomic mass is 15.1. The van der Waals surface area contributed by atoms with Gasteiger partial charge in [-0.1, -0.05) is 13.8 Å². The Morgan fingerprint density at radius 3 is 2.38 bits per heavy atom. The highest BCUT2D eigenvalue weighted by molar-refractivity contribution is 4.61. The molecule has 0 fully saturated rings. The van der Waals surface area contributed by atoms with Crippen molar-refractivity contribution in [2.24, 2.45) is 5.73 Å². The Balaban J connectivity index is 3.23. The van der Waals surface area contributed by atoms with Crippen LogP contribution < -0.4 is 11.1 Å². The van der Waals surface area contributed by atoms with Gasteiger partial charge in [-0.05, 0) is 39.5 Å². The van der Waals surface area contributed by atoms with E-state index in [4.69, 9.17) is 5.73 Å². The first kappa shape index (κ1) is 12.9. The molecule has 0 amide bonds. The first-order valence-electron chi connectivity index (χ1n) is 5.40. The van der Waals surface area contributed by atoms with Gasteiger partial charge < -0.3 is 16.0 Å². The van der Waals surface area contributed by atoms with Crippen molar-refractivity contribution in [2.75, 3.05) is 32.7 Å². The van der Waals surface area contributed by atoms with Crippen molar-refractivity contribution in [2.45, 2.75) is 33.2 Å². The molecule has 0 aliphatic heterocycles. The van der Waals surface area contributed by atoms with Crippen LogP contribution in [0.4, 0.5) is 0 Å². The van der Waals surface area contributed by atoms with Crippen LogP contribution in [0.15, 0.2) is 0 Å². The van der Waals surface area contributed by atoms with Gasteiger partial charge in [0.2, 0.25) is 0 Å². The number of hydrogen-bond donors (Lipinski definition) is 2. The lowest BCUT2D eigenvalue weighted by molar-refractivity contribution is 0.296. The number of nitrogens with two attached hydrogens (primary N) is 1. The molecule has 3 nitrogen and oxygen atoms in total. The summed E-state index contributed by atoms with van der Waals surface area (Å²) in [5.74, 6) is 0. The van der Waals surface area contributed by atoms with Crippen LogP contribution >= 0.6 is 0 Å². The van der Waals surface area contributed by atoms with Crippen molar-refractivity contribution in [3.05, 3.63) is 0 Å². The van der Waals surface area contributed by atoms with Gasteiger partial charge in [0.25, 0.3) is 0 Å². The smallest absolute Gasteiger partial charge is 0.0161 e. The van der Waals surface area contributed by atoms with E-state index in [2.05, 4.69) is 31.0 Å². The van der Waals surface area contributed by atoms with Gasteiger partial charge in [0.1, 0.15) is 0 Å². The van der Waals surface area contributed by atoms with Crippen LogP contribution in [0, 0.1) is 0 Å². The molecule has 0 heterocycles. The van der Waals surface area contributed by atoms with Crippen molar-refractivity contribution < 1.29 is 0 Å². The van der Waals surface area contributed by atoms with Crippen LogP contribution in [-0.2, 0) is 0 Å². The Hall–Kier alpha value is -0.120. The van der Waals surface area contributed by atoms with E-state index >= 15 is 0 Å². The van der Waals surface area contributed by atoms with E-state index in [-0.39, 0.29) is 0 Å². The van der Waals surface area contributed by atoms with Crippen LogP contribution in [0.25, 0.3) is 0 Å². The van der Waals surface area contributed by atoms with Gasteiger partial charge in [-0.2, -0.15) is 0 Å². The van der Waals surface area contributed by atoms with Crippen molar-refractivity contribution in [3.8, 4) is 0 Å². The first-order valence-corrected chi connectivity index (χ1v) is 5.40. The minimum absolute atomic E-state index is 0.455. The maximum Gasteiger partial charge on any atom is 0.0161 e. The molecule has 0 aliphatic carbocycles. The molecule has 0 bridgehead atoms. The van der Waals surface area contributed by atoms with E-state index in [0.29, 0.717) is 6.04 Å². The van der Waals surface area contributed by atoms with Crippen molar-refractivity contribution in [3.63, 3.8) is 0 Å². The Kier molecular flexibility index (Phi) is 8.40. The molecule has 1 atom stereocenters. The Labute approximate surface area is 82.7 Å². The van der Waals surface area contributed by atoms with Gasteiger partial charge >= 0.3 is 0 Å². The summed E-state index contributed by atoms with van der Waals surface area (Å²) in [6.45, 7) is 11.8. The fourth-order valence-corrected chi connectivity index (χ4v) is 1.27. The normalized spacial score (nSPS) is 13.6. The molecular weight excluding hydrogens is 162 g/mol. The van der Waals surface area contributed by atoms with Crippen LogP contribution in [-0.4, -0.2) is 43.7 Å². The van der Waals surface area contributed by atoms with Gasteiger partial charge in [0.05, 0.1) is 0 Å². The van der Waals surface area contributed by atoms with Gasteiger partial charge in [-0.3, -0.25) is 0 Å². The predicted molar refractivity (Wildman–Crippen MR) is 58.9 cm³/mol. The Morgan fingerprint density at radius 1 is 1.31 bits per heavy atom. The molecule has 0 saturated heterocycles. The van der Waals surface area contributed by atoms with E-state index in [1.54, 1.807) is 0 Å². The molecule has 0 saturated carbocycles. The number of nitrogens with one attached hydrogen (secondary N) is 1. The zero-order valence-corrected chi connectivity index (χ0v) is 9.34. The largest absolute Gasteiger partial charge is 0.329 e. The highest BCUT2D eigenvalue weighted by Crippen LogP contribution is 1.89.